The Hall–Kier alpha value is -2.68. The van der Waals surface area contributed by atoms with Gasteiger partial charge in [0.05, 0.1) is 13.7 Å². The average molecular weight is 426 g/mol. The Labute approximate surface area is 156 Å². The van der Waals surface area contributed by atoms with Crippen LogP contribution in [0.3, 0.4) is 0 Å². The number of anilines is 1. The van der Waals surface area contributed by atoms with Gasteiger partial charge in [-0.15, -0.1) is 0 Å². The van der Waals surface area contributed by atoms with Crippen molar-refractivity contribution >= 4 is 21.6 Å². The van der Waals surface area contributed by atoms with Gasteiger partial charge in [-0.3, -0.25) is 0 Å². The van der Waals surface area contributed by atoms with E-state index in [2.05, 4.69) is 36.1 Å². The maximum Gasteiger partial charge on any atom is 0.387 e. The van der Waals surface area contributed by atoms with E-state index >= 15 is 0 Å². The predicted octanol–water partition coefficient (Wildman–Crippen LogP) is 4.72. The van der Waals surface area contributed by atoms with Gasteiger partial charge in [-0.2, -0.15) is 13.8 Å². The van der Waals surface area contributed by atoms with Gasteiger partial charge in [0.15, 0.2) is 11.5 Å². The van der Waals surface area contributed by atoms with Crippen molar-refractivity contribution in [2.75, 3.05) is 12.4 Å². The van der Waals surface area contributed by atoms with E-state index in [1.54, 1.807) is 6.07 Å². The summed E-state index contributed by atoms with van der Waals surface area (Å²) in [5.74, 6) is 0.789. The van der Waals surface area contributed by atoms with Crippen LogP contribution in [0.2, 0.25) is 0 Å². The van der Waals surface area contributed by atoms with Gasteiger partial charge in [0.2, 0.25) is 11.7 Å². The van der Waals surface area contributed by atoms with Gasteiger partial charge in [-0.25, -0.2) is 0 Å². The number of ether oxygens (including phenoxy) is 2. The zero-order chi connectivity index (χ0) is 18.5. The number of methoxy groups -OCH3 is 1. The number of nitrogens with zero attached hydrogens (tertiary/aromatic N) is 2. The molecule has 0 amide bonds. The predicted molar refractivity (Wildman–Crippen MR) is 94.4 cm³/mol. The Morgan fingerprint density at radius 3 is 2.77 bits per heavy atom. The lowest BCUT2D eigenvalue weighted by molar-refractivity contribution is -0.0512. The lowest BCUT2D eigenvalue weighted by Gasteiger charge is -2.10. The maximum absolute atomic E-state index is 12.4. The Morgan fingerprint density at radius 2 is 2.04 bits per heavy atom. The second-order valence-corrected chi connectivity index (χ2v) is 6.04. The molecule has 0 saturated heterocycles. The molecule has 0 aliphatic rings. The Kier molecular flexibility index (Phi) is 5.67. The number of hydrogen-bond acceptors (Lipinski definition) is 6. The molecule has 0 unspecified atom stereocenters. The average Bonchev–Trinajstić information content (AvgIpc) is 3.09. The second-order valence-electron chi connectivity index (χ2n) is 5.12. The fourth-order valence-corrected chi connectivity index (χ4v) is 2.62. The van der Waals surface area contributed by atoms with Crippen LogP contribution in [0.5, 0.6) is 11.5 Å². The van der Waals surface area contributed by atoms with Gasteiger partial charge in [0.25, 0.3) is 0 Å². The minimum absolute atomic E-state index is 0.0636. The summed E-state index contributed by atoms with van der Waals surface area (Å²) in [4.78, 5) is 4.29. The van der Waals surface area contributed by atoms with Gasteiger partial charge in [-0.05, 0) is 36.4 Å². The molecule has 1 heterocycles. The first-order chi connectivity index (χ1) is 12.5. The smallest absolute Gasteiger partial charge is 0.387 e. The number of rotatable bonds is 7. The third-order valence-corrected chi connectivity index (χ3v) is 3.87. The monoisotopic (exact) mass is 425 g/mol. The molecular weight excluding hydrogens is 412 g/mol. The van der Waals surface area contributed by atoms with Crippen molar-refractivity contribution in [3.05, 3.63) is 52.8 Å². The summed E-state index contributed by atoms with van der Waals surface area (Å²) >= 11 is 3.40. The fraction of sp³-hybridized carbons (Fsp3) is 0.176. The van der Waals surface area contributed by atoms with Crippen LogP contribution >= 0.6 is 15.9 Å². The summed E-state index contributed by atoms with van der Waals surface area (Å²) in [7, 11) is 1.36. The Morgan fingerprint density at radius 1 is 1.19 bits per heavy atom. The summed E-state index contributed by atoms with van der Waals surface area (Å²) in [6.45, 7) is -2.59. The van der Waals surface area contributed by atoms with Crippen LogP contribution in [0.15, 0.2) is 51.5 Å². The number of benzene rings is 2. The van der Waals surface area contributed by atoms with Gasteiger partial charge in [0.1, 0.15) is 0 Å². The van der Waals surface area contributed by atoms with E-state index in [4.69, 9.17) is 9.26 Å². The van der Waals surface area contributed by atoms with Crippen molar-refractivity contribution in [3.63, 3.8) is 0 Å². The van der Waals surface area contributed by atoms with Crippen LogP contribution in [0.1, 0.15) is 5.89 Å². The molecule has 2 aromatic carbocycles. The number of alkyl halides is 2. The highest BCUT2D eigenvalue weighted by molar-refractivity contribution is 9.10. The highest BCUT2D eigenvalue weighted by atomic mass is 79.9. The molecule has 1 aromatic heterocycles. The first kappa shape index (κ1) is 18.1. The summed E-state index contributed by atoms with van der Waals surface area (Å²) in [5, 5.41) is 7.07. The van der Waals surface area contributed by atoms with Crippen molar-refractivity contribution in [2.24, 2.45) is 0 Å². The first-order valence-electron chi connectivity index (χ1n) is 7.50. The highest BCUT2D eigenvalue weighted by Gasteiger charge is 2.14. The van der Waals surface area contributed by atoms with Gasteiger partial charge >= 0.3 is 6.61 Å². The van der Waals surface area contributed by atoms with E-state index < -0.39 is 6.61 Å². The quantitative estimate of drug-likeness (QED) is 0.590. The van der Waals surface area contributed by atoms with Gasteiger partial charge in [0, 0.05) is 15.7 Å². The van der Waals surface area contributed by atoms with Crippen LogP contribution in [0.4, 0.5) is 14.5 Å². The van der Waals surface area contributed by atoms with Crippen LogP contribution in [-0.4, -0.2) is 23.9 Å². The Balaban J connectivity index is 1.72. The van der Waals surface area contributed by atoms with Crippen molar-refractivity contribution in [3.8, 4) is 22.9 Å². The minimum atomic E-state index is -2.93. The first-order valence-corrected chi connectivity index (χ1v) is 8.29. The molecule has 1 N–H and O–H groups in total. The van der Waals surface area contributed by atoms with E-state index in [1.807, 2.05) is 24.3 Å². The molecule has 6 nitrogen and oxygen atoms in total. The molecule has 136 valence electrons. The van der Waals surface area contributed by atoms with Crippen molar-refractivity contribution in [1.29, 1.82) is 0 Å². The molecule has 0 aliphatic carbocycles. The number of nitrogens with one attached hydrogen (secondary N) is 1. The van der Waals surface area contributed by atoms with E-state index in [0.29, 0.717) is 23.8 Å². The minimum Gasteiger partial charge on any atom is -0.493 e. The standard InChI is InChI=1S/C17H14BrF2N3O3/c1-24-14-7-10(5-6-13(14)25-17(19)20)16-22-15(26-23-16)9-21-12-4-2-3-11(18)8-12/h2-8,17,21H,9H2,1H3. The molecule has 0 spiro atoms. The molecule has 0 saturated carbocycles. The molecule has 3 aromatic rings. The van der Waals surface area contributed by atoms with Crippen molar-refractivity contribution < 1.29 is 22.8 Å². The SMILES string of the molecule is COc1cc(-c2noc(CNc3cccc(Br)c3)n2)ccc1OC(F)F. The van der Waals surface area contributed by atoms with Crippen molar-refractivity contribution in [2.45, 2.75) is 13.2 Å². The van der Waals surface area contributed by atoms with E-state index in [9.17, 15) is 8.78 Å². The molecular formula is C17H14BrF2N3O3. The zero-order valence-electron chi connectivity index (χ0n) is 13.6. The van der Waals surface area contributed by atoms with E-state index in [-0.39, 0.29) is 11.5 Å². The van der Waals surface area contributed by atoms with E-state index in [0.717, 1.165) is 10.2 Å². The second kappa shape index (κ2) is 8.13. The molecule has 0 atom stereocenters. The van der Waals surface area contributed by atoms with Crippen LogP contribution in [0, 0.1) is 0 Å². The fourth-order valence-electron chi connectivity index (χ4n) is 2.22. The summed E-state index contributed by atoms with van der Waals surface area (Å²) in [6.07, 6.45) is 0. The van der Waals surface area contributed by atoms with Crippen molar-refractivity contribution in [1.82, 2.24) is 10.1 Å². The highest BCUT2D eigenvalue weighted by Crippen LogP contribution is 2.32. The lowest BCUT2D eigenvalue weighted by atomic mass is 10.2. The van der Waals surface area contributed by atoms with Crippen LogP contribution < -0.4 is 14.8 Å². The number of hydrogen-bond donors (Lipinski definition) is 1. The van der Waals surface area contributed by atoms with Crippen LogP contribution in [0.25, 0.3) is 11.4 Å². The summed E-state index contributed by atoms with van der Waals surface area (Å²) in [5.41, 5.74) is 1.45. The zero-order valence-corrected chi connectivity index (χ0v) is 15.2. The topological polar surface area (TPSA) is 69.4 Å². The molecule has 26 heavy (non-hydrogen) atoms. The number of aromatic nitrogens is 2. The summed E-state index contributed by atoms with van der Waals surface area (Å²) < 4.78 is 40.4. The third-order valence-electron chi connectivity index (χ3n) is 3.37. The Bertz CT molecular complexity index is 889. The maximum atomic E-state index is 12.4. The molecule has 0 fully saturated rings. The van der Waals surface area contributed by atoms with Gasteiger partial charge < -0.3 is 19.3 Å². The number of halogens is 3. The summed E-state index contributed by atoms with van der Waals surface area (Å²) in [6, 6.07) is 12.1. The molecule has 0 bridgehead atoms. The molecule has 0 radical (unpaired) electrons. The van der Waals surface area contributed by atoms with Gasteiger partial charge in [-0.1, -0.05) is 27.2 Å². The lowest BCUT2D eigenvalue weighted by Crippen LogP contribution is -2.03. The third kappa shape index (κ3) is 4.48. The molecule has 3 rings (SSSR count). The molecule has 9 heteroatoms. The van der Waals surface area contributed by atoms with E-state index in [1.165, 1.54) is 19.2 Å². The normalized spacial score (nSPS) is 10.8. The largest absolute Gasteiger partial charge is 0.493 e. The molecule has 0 aliphatic heterocycles. The van der Waals surface area contributed by atoms with Crippen LogP contribution in [-0.2, 0) is 6.54 Å².